The summed E-state index contributed by atoms with van der Waals surface area (Å²) in [5.74, 6) is -0.197. The maximum absolute atomic E-state index is 12.4. The molecule has 0 aliphatic rings. The number of benzene rings is 3. The molecular formula is C27H23ClN2O5. The van der Waals surface area contributed by atoms with Crippen molar-refractivity contribution in [3.63, 3.8) is 0 Å². The number of methoxy groups -OCH3 is 1. The first-order chi connectivity index (χ1) is 16.9. The Kier molecular flexibility index (Phi) is 8.88. The molecule has 0 fully saturated rings. The molecule has 0 aliphatic heterocycles. The lowest BCUT2D eigenvalue weighted by Crippen LogP contribution is -2.23. The molecule has 3 aromatic carbocycles. The van der Waals surface area contributed by atoms with Crippen molar-refractivity contribution in [2.75, 3.05) is 13.7 Å². The zero-order chi connectivity index (χ0) is 25.2. The summed E-state index contributed by atoms with van der Waals surface area (Å²) in [4.78, 5) is 24.7. The van der Waals surface area contributed by atoms with Gasteiger partial charge in [0.1, 0.15) is 17.4 Å². The molecule has 0 unspecified atom stereocenters. The van der Waals surface area contributed by atoms with Crippen molar-refractivity contribution in [1.29, 1.82) is 5.26 Å². The molecule has 0 atom stereocenters. The minimum Gasteiger partial charge on any atom is -0.493 e. The van der Waals surface area contributed by atoms with Crippen LogP contribution < -0.4 is 19.5 Å². The largest absolute Gasteiger partial charge is 0.493 e. The van der Waals surface area contributed by atoms with Crippen LogP contribution in [0.5, 0.6) is 17.2 Å². The molecule has 0 bridgehead atoms. The van der Waals surface area contributed by atoms with E-state index in [0.29, 0.717) is 22.9 Å². The van der Waals surface area contributed by atoms with Crippen LogP contribution in [0.2, 0.25) is 5.02 Å². The van der Waals surface area contributed by atoms with Gasteiger partial charge in [-0.25, -0.2) is 4.79 Å². The summed E-state index contributed by atoms with van der Waals surface area (Å²) >= 11 is 5.99. The maximum atomic E-state index is 12.4. The molecule has 7 nitrogen and oxygen atoms in total. The van der Waals surface area contributed by atoms with Crippen LogP contribution in [0.3, 0.4) is 0 Å². The summed E-state index contributed by atoms with van der Waals surface area (Å²) in [6, 6.07) is 21.0. The number of nitriles is 1. The molecule has 0 radical (unpaired) electrons. The lowest BCUT2D eigenvalue weighted by molar-refractivity contribution is -0.136. The first-order valence-corrected chi connectivity index (χ1v) is 11.0. The van der Waals surface area contributed by atoms with Crippen molar-refractivity contribution >= 4 is 29.6 Å². The number of amides is 1. The van der Waals surface area contributed by atoms with E-state index in [-0.39, 0.29) is 23.7 Å². The second-order valence-electron chi connectivity index (χ2n) is 7.42. The topological polar surface area (TPSA) is 97.6 Å². The molecule has 3 rings (SSSR count). The Morgan fingerprint density at radius 2 is 1.83 bits per heavy atom. The van der Waals surface area contributed by atoms with E-state index in [1.165, 1.54) is 19.3 Å². The van der Waals surface area contributed by atoms with E-state index in [2.05, 4.69) is 5.32 Å². The highest BCUT2D eigenvalue weighted by Crippen LogP contribution is 2.29. The summed E-state index contributed by atoms with van der Waals surface area (Å²) in [5, 5.41) is 12.8. The predicted molar refractivity (Wildman–Crippen MR) is 132 cm³/mol. The monoisotopic (exact) mass is 490 g/mol. The predicted octanol–water partition coefficient (Wildman–Crippen LogP) is 4.86. The third-order valence-electron chi connectivity index (χ3n) is 4.87. The maximum Gasteiger partial charge on any atom is 0.349 e. The number of nitrogens with zero attached hydrogens (tertiary/aromatic N) is 1. The normalized spacial score (nSPS) is 10.7. The van der Waals surface area contributed by atoms with E-state index >= 15 is 0 Å². The Hall–Kier alpha value is -4.28. The molecule has 1 N–H and O–H groups in total. The van der Waals surface area contributed by atoms with Crippen LogP contribution >= 0.6 is 11.6 Å². The molecule has 1 amide bonds. The van der Waals surface area contributed by atoms with Gasteiger partial charge in [-0.3, -0.25) is 4.79 Å². The van der Waals surface area contributed by atoms with Crippen molar-refractivity contribution in [3.05, 3.63) is 94.0 Å². The number of halogens is 1. The Labute approximate surface area is 208 Å². The van der Waals surface area contributed by atoms with Crippen LogP contribution in [-0.2, 0) is 16.1 Å². The van der Waals surface area contributed by atoms with Crippen molar-refractivity contribution < 1.29 is 23.8 Å². The Balaban J connectivity index is 1.64. The van der Waals surface area contributed by atoms with Crippen molar-refractivity contribution in [1.82, 2.24) is 5.32 Å². The zero-order valence-electron chi connectivity index (χ0n) is 19.2. The van der Waals surface area contributed by atoms with Gasteiger partial charge in [-0.2, -0.15) is 5.26 Å². The molecule has 178 valence electrons. The van der Waals surface area contributed by atoms with Crippen molar-refractivity contribution in [3.8, 4) is 23.3 Å². The summed E-state index contributed by atoms with van der Waals surface area (Å²) in [7, 11) is 1.42. The molecule has 0 spiro atoms. The molecule has 0 aromatic heterocycles. The number of carbonyl (C=O) groups excluding carboxylic acids is 2. The molecule has 35 heavy (non-hydrogen) atoms. The summed E-state index contributed by atoms with van der Waals surface area (Å²) in [6.45, 7) is 1.82. The highest BCUT2D eigenvalue weighted by Gasteiger charge is 2.14. The number of aryl methyl sites for hydroxylation is 1. The Morgan fingerprint density at radius 1 is 1.06 bits per heavy atom. The van der Waals surface area contributed by atoms with E-state index in [1.807, 2.05) is 43.3 Å². The van der Waals surface area contributed by atoms with Crippen molar-refractivity contribution in [2.45, 2.75) is 13.5 Å². The van der Waals surface area contributed by atoms with Gasteiger partial charge < -0.3 is 19.5 Å². The van der Waals surface area contributed by atoms with E-state index in [1.54, 1.807) is 30.3 Å². The van der Waals surface area contributed by atoms with Crippen LogP contribution in [0.4, 0.5) is 0 Å². The number of carbonyl (C=O) groups is 2. The fraction of sp³-hybridized carbons (Fsp3) is 0.148. The second kappa shape index (κ2) is 12.3. The standard InChI is InChI=1S/C27H23ClN2O5/c1-18-12-22(9-10-23(18)28)34-17-26(31)35-24-11-8-20(14-25(24)33-2)13-21(15-29)27(32)30-16-19-6-4-3-5-7-19/h3-14H,16-17H2,1-2H3,(H,30,32)/b21-13+. The van der Waals surface area contributed by atoms with Gasteiger partial charge in [-0.15, -0.1) is 0 Å². The van der Waals surface area contributed by atoms with Gasteiger partial charge in [0.15, 0.2) is 18.1 Å². The number of hydrogen-bond acceptors (Lipinski definition) is 6. The van der Waals surface area contributed by atoms with Crippen LogP contribution in [0.15, 0.2) is 72.3 Å². The van der Waals surface area contributed by atoms with Crippen LogP contribution in [0, 0.1) is 18.3 Å². The van der Waals surface area contributed by atoms with Crippen LogP contribution in [0.1, 0.15) is 16.7 Å². The molecular weight excluding hydrogens is 468 g/mol. The third kappa shape index (κ3) is 7.36. The number of hydrogen-bond donors (Lipinski definition) is 1. The molecule has 8 heteroatoms. The second-order valence-corrected chi connectivity index (χ2v) is 7.83. The van der Waals surface area contributed by atoms with Gasteiger partial charge in [-0.05, 0) is 60.0 Å². The van der Waals surface area contributed by atoms with Crippen LogP contribution in [-0.4, -0.2) is 25.6 Å². The van der Waals surface area contributed by atoms with Gasteiger partial charge in [-0.1, -0.05) is 48.0 Å². The lowest BCUT2D eigenvalue weighted by atomic mass is 10.1. The van der Waals surface area contributed by atoms with Crippen LogP contribution in [0.25, 0.3) is 6.08 Å². The fourth-order valence-corrected chi connectivity index (χ4v) is 3.17. The Morgan fingerprint density at radius 3 is 2.51 bits per heavy atom. The molecule has 0 aliphatic carbocycles. The zero-order valence-corrected chi connectivity index (χ0v) is 20.0. The first-order valence-electron chi connectivity index (χ1n) is 10.6. The van der Waals surface area contributed by atoms with E-state index in [4.69, 9.17) is 25.8 Å². The van der Waals surface area contributed by atoms with Gasteiger partial charge >= 0.3 is 5.97 Å². The molecule has 3 aromatic rings. The average molecular weight is 491 g/mol. The quantitative estimate of drug-likeness (QED) is 0.199. The van der Waals surface area contributed by atoms with Gasteiger partial charge in [0.05, 0.1) is 7.11 Å². The number of ether oxygens (including phenoxy) is 3. The smallest absolute Gasteiger partial charge is 0.349 e. The Bertz CT molecular complexity index is 1280. The molecule has 0 saturated heterocycles. The van der Waals surface area contributed by atoms with Crippen molar-refractivity contribution in [2.24, 2.45) is 0 Å². The minimum absolute atomic E-state index is 0.0700. The third-order valence-corrected chi connectivity index (χ3v) is 5.29. The van der Waals surface area contributed by atoms with E-state index in [0.717, 1.165) is 11.1 Å². The number of rotatable bonds is 9. The SMILES string of the molecule is COc1cc(/C=C(\C#N)C(=O)NCc2ccccc2)ccc1OC(=O)COc1ccc(Cl)c(C)c1. The minimum atomic E-state index is -0.628. The first kappa shape index (κ1) is 25.3. The average Bonchev–Trinajstić information content (AvgIpc) is 2.87. The van der Waals surface area contributed by atoms with Gasteiger partial charge in [0, 0.05) is 11.6 Å². The highest BCUT2D eigenvalue weighted by atomic mass is 35.5. The highest BCUT2D eigenvalue weighted by molar-refractivity contribution is 6.31. The van der Waals surface area contributed by atoms with E-state index in [9.17, 15) is 14.9 Å². The number of nitrogens with one attached hydrogen (secondary N) is 1. The van der Waals surface area contributed by atoms with Gasteiger partial charge in [0.25, 0.3) is 5.91 Å². The van der Waals surface area contributed by atoms with E-state index < -0.39 is 11.9 Å². The summed E-state index contributed by atoms with van der Waals surface area (Å²) in [5.41, 5.74) is 2.20. The lowest BCUT2D eigenvalue weighted by Gasteiger charge is -2.11. The molecule has 0 heterocycles. The summed E-state index contributed by atoms with van der Waals surface area (Å²) in [6.07, 6.45) is 1.43. The summed E-state index contributed by atoms with van der Waals surface area (Å²) < 4.78 is 16.1. The van der Waals surface area contributed by atoms with Gasteiger partial charge in [0.2, 0.25) is 0 Å². The fourth-order valence-electron chi connectivity index (χ4n) is 3.05. The molecule has 0 saturated carbocycles. The number of esters is 1.